The molecular weight excluding hydrogens is 170 g/mol. The number of hydrogen-bond donors (Lipinski definition) is 1. The van der Waals surface area contributed by atoms with Gasteiger partial charge in [0.25, 0.3) is 0 Å². The van der Waals surface area contributed by atoms with Gasteiger partial charge in [0.1, 0.15) is 10.8 Å². The van der Waals surface area contributed by atoms with E-state index in [0.717, 1.165) is 10.8 Å². The molecule has 1 aromatic rings. The highest BCUT2D eigenvalue weighted by Gasteiger charge is 2.15. The maximum atomic E-state index is 4.35. The van der Waals surface area contributed by atoms with Gasteiger partial charge in [-0.3, -0.25) is 0 Å². The third-order valence-corrected chi connectivity index (χ3v) is 3.14. The fraction of sp³-hybridized carbons (Fsp3) is 0.750. The van der Waals surface area contributed by atoms with Crippen molar-refractivity contribution in [3.05, 3.63) is 10.8 Å². The van der Waals surface area contributed by atoms with E-state index >= 15 is 0 Å². The van der Waals surface area contributed by atoms with Crippen molar-refractivity contribution in [2.45, 2.75) is 32.7 Å². The van der Waals surface area contributed by atoms with Crippen LogP contribution in [0.5, 0.6) is 0 Å². The Bertz CT molecular complexity index is 246. The second-order valence-electron chi connectivity index (χ2n) is 3.05. The van der Waals surface area contributed by atoms with Gasteiger partial charge in [-0.25, -0.2) is 4.98 Å². The molecule has 0 aliphatic rings. The fourth-order valence-electron chi connectivity index (χ4n) is 0.962. The molecule has 1 rings (SSSR count). The molecule has 2 atom stereocenters. The summed E-state index contributed by atoms with van der Waals surface area (Å²) in [5, 5.41) is 4.33. The second-order valence-corrected chi connectivity index (χ2v) is 3.83. The minimum atomic E-state index is 0.446. The van der Waals surface area contributed by atoms with Gasteiger partial charge >= 0.3 is 0 Å². The van der Waals surface area contributed by atoms with Crippen molar-refractivity contribution in [1.82, 2.24) is 14.7 Å². The first kappa shape index (κ1) is 9.61. The number of aromatic nitrogens is 2. The summed E-state index contributed by atoms with van der Waals surface area (Å²) in [5.41, 5.74) is 0. The number of nitrogens with zero attached hydrogens (tertiary/aromatic N) is 2. The van der Waals surface area contributed by atoms with Crippen molar-refractivity contribution in [2.75, 3.05) is 7.05 Å². The van der Waals surface area contributed by atoms with Crippen LogP contribution in [0.15, 0.2) is 0 Å². The molecule has 68 valence electrons. The van der Waals surface area contributed by atoms with Crippen LogP contribution in [0, 0.1) is 6.92 Å². The van der Waals surface area contributed by atoms with Crippen LogP contribution in [0.3, 0.4) is 0 Å². The van der Waals surface area contributed by atoms with Crippen LogP contribution in [-0.4, -0.2) is 22.4 Å². The Balaban J connectivity index is 2.70. The minimum Gasteiger partial charge on any atom is -0.317 e. The highest BCUT2D eigenvalue weighted by molar-refractivity contribution is 7.05. The van der Waals surface area contributed by atoms with Crippen LogP contribution >= 0.6 is 11.5 Å². The molecule has 12 heavy (non-hydrogen) atoms. The third kappa shape index (κ3) is 2.01. The predicted octanol–water partition coefficient (Wildman–Crippen LogP) is 1.56. The van der Waals surface area contributed by atoms with Crippen LogP contribution in [0.4, 0.5) is 0 Å². The molecule has 0 fully saturated rings. The molecule has 0 aliphatic heterocycles. The van der Waals surface area contributed by atoms with Crippen LogP contribution in [0.1, 0.15) is 30.6 Å². The lowest BCUT2D eigenvalue weighted by Gasteiger charge is -2.15. The van der Waals surface area contributed by atoms with Crippen molar-refractivity contribution in [3.63, 3.8) is 0 Å². The Labute approximate surface area is 77.4 Å². The molecule has 0 aromatic carbocycles. The monoisotopic (exact) mass is 185 g/mol. The second kappa shape index (κ2) is 3.96. The highest BCUT2D eigenvalue weighted by Crippen LogP contribution is 2.20. The van der Waals surface area contributed by atoms with E-state index in [1.807, 2.05) is 14.0 Å². The number of nitrogens with one attached hydrogen (secondary N) is 1. The molecule has 2 unspecified atom stereocenters. The number of likely N-dealkylation sites (N-methyl/N-ethyl adjacent to an activating group) is 1. The summed E-state index contributed by atoms with van der Waals surface area (Å²) in [6.07, 6.45) is 0. The Morgan fingerprint density at radius 1 is 1.42 bits per heavy atom. The summed E-state index contributed by atoms with van der Waals surface area (Å²) >= 11 is 1.50. The summed E-state index contributed by atoms with van der Waals surface area (Å²) in [7, 11) is 1.97. The molecule has 0 aliphatic carbocycles. The summed E-state index contributed by atoms with van der Waals surface area (Å²) in [6, 6.07) is 0.456. The molecule has 0 radical (unpaired) electrons. The quantitative estimate of drug-likeness (QED) is 0.776. The third-order valence-electron chi connectivity index (χ3n) is 2.14. The Kier molecular flexibility index (Phi) is 3.17. The zero-order chi connectivity index (χ0) is 9.14. The average molecular weight is 185 g/mol. The van der Waals surface area contributed by atoms with Gasteiger partial charge < -0.3 is 5.32 Å². The fourth-order valence-corrected chi connectivity index (χ4v) is 1.77. The summed E-state index contributed by atoms with van der Waals surface area (Å²) in [4.78, 5) is 4.35. The van der Waals surface area contributed by atoms with Crippen LogP contribution in [0.2, 0.25) is 0 Å². The van der Waals surface area contributed by atoms with Gasteiger partial charge in [-0.15, -0.1) is 0 Å². The van der Waals surface area contributed by atoms with Gasteiger partial charge in [0.2, 0.25) is 0 Å². The Hall–Kier alpha value is -0.480. The summed E-state index contributed by atoms with van der Waals surface area (Å²) < 4.78 is 4.16. The van der Waals surface area contributed by atoms with Crippen LogP contribution in [0.25, 0.3) is 0 Å². The molecule has 0 spiro atoms. The van der Waals surface area contributed by atoms with E-state index in [2.05, 4.69) is 28.5 Å². The number of hydrogen-bond acceptors (Lipinski definition) is 4. The number of rotatable bonds is 3. The topological polar surface area (TPSA) is 37.8 Å². The molecule has 0 bridgehead atoms. The molecule has 1 aromatic heterocycles. The molecule has 0 saturated carbocycles. The first-order valence-electron chi connectivity index (χ1n) is 4.12. The standard InChI is InChI=1S/C8H15N3S/c1-5(6(2)9-4)8-10-7(3)11-12-8/h5-6,9H,1-4H3. The molecule has 0 saturated heterocycles. The van der Waals surface area contributed by atoms with Crippen molar-refractivity contribution in [3.8, 4) is 0 Å². The van der Waals surface area contributed by atoms with Crippen molar-refractivity contribution in [1.29, 1.82) is 0 Å². The van der Waals surface area contributed by atoms with E-state index in [1.165, 1.54) is 11.5 Å². The minimum absolute atomic E-state index is 0.446. The smallest absolute Gasteiger partial charge is 0.139 e. The molecule has 3 nitrogen and oxygen atoms in total. The van der Waals surface area contributed by atoms with Gasteiger partial charge in [0.05, 0.1) is 0 Å². The van der Waals surface area contributed by atoms with E-state index in [0.29, 0.717) is 12.0 Å². The maximum absolute atomic E-state index is 4.35. The number of aryl methyl sites for hydroxylation is 1. The van der Waals surface area contributed by atoms with Gasteiger partial charge in [-0.1, -0.05) is 6.92 Å². The van der Waals surface area contributed by atoms with E-state index in [-0.39, 0.29) is 0 Å². The highest BCUT2D eigenvalue weighted by atomic mass is 32.1. The lowest BCUT2D eigenvalue weighted by atomic mass is 10.1. The zero-order valence-corrected chi connectivity index (χ0v) is 8.77. The average Bonchev–Trinajstić information content (AvgIpc) is 2.49. The van der Waals surface area contributed by atoms with Gasteiger partial charge in [0, 0.05) is 12.0 Å². The molecule has 0 amide bonds. The van der Waals surface area contributed by atoms with Gasteiger partial charge in [0.15, 0.2) is 0 Å². The first-order valence-corrected chi connectivity index (χ1v) is 4.90. The largest absolute Gasteiger partial charge is 0.317 e. The zero-order valence-electron chi connectivity index (χ0n) is 7.96. The molecular formula is C8H15N3S. The van der Waals surface area contributed by atoms with E-state index in [9.17, 15) is 0 Å². The molecule has 4 heteroatoms. The normalized spacial score (nSPS) is 16.0. The Morgan fingerprint density at radius 2 is 2.08 bits per heavy atom. The Morgan fingerprint density at radius 3 is 2.50 bits per heavy atom. The van der Waals surface area contributed by atoms with Gasteiger partial charge in [-0.2, -0.15) is 4.37 Å². The summed E-state index contributed by atoms with van der Waals surface area (Å²) in [6.45, 7) is 6.25. The molecule has 1 N–H and O–H groups in total. The lowest BCUT2D eigenvalue weighted by Crippen LogP contribution is -2.27. The van der Waals surface area contributed by atoms with Crippen LogP contribution in [-0.2, 0) is 0 Å². The van der Waals surface area contributed by atoms with E-state index in [1.54, 1.807) is 0 Å². The SMILES string of the molecule is CNC(C)C(C)c1nc(C)ns1. The predicted molar refractivity (Wildman–Crippen MR) is 51.6 cm³/mol. The first-order chi connectivity index (χ1) is 5.65. The lowest BCUT2D eigenvalue weighted by molar-refractivity contribution is 0.522. The van der Waals surface area contributed by atoms with Crippen molar-refractivity contribution >= 4 is 11.5 Å². The molecule has 1 heterocycles. The van der Waals surface area contributed by atoms with Crippen LogP contribution < -0.4 is 5.32 Å². The van der Waals surface area contributed by atoms with Crippen molar-refractivity contribution < 1.29 is 0 Å². The van der Waals surface area contributed by atoms with E-state index in [4.69, 9.17) is 0 Å². The maximum Gasteiger partial charge on any atom is 0.139 e. The van der Waals surface area contributed by atoms with Gasteiger partial charge in [-0.05, 0) is 32.4 Å². The van der Waals surface area contributed by atoms with Crippen molar-refractivity contribution in [2.24, 2.45) is 0 Å². The summed E-state index contributed by atoms with van der Waals surface area (Å²) in [5.74, 6) is 1.33. The van der Waals surface area contributed by atoms with E-state index < -0.39 is 0 Å².